The minimum absolute atomic E-state index is 0.0831. The minimum atomic E-state index is -0.518. The third kappa shape index (κ3) is 6.37. The normalized spacial score (nSPS) is 17.8. The Morgan fingerprint density at radius 3 is 2.40 bits per heavy atom. The molecular formula is C15H28N2O3. The number of hydrogen-bond acceptors (Lipinski definition) is 3. The van der Waals surface area contributed by atoms with Gasteiger partial charge in [-0.3, -0.25) is 9.59 Å². The molecule has 0 aromatic heterocycles. The Morgan fingerprint density at radius 2 is 1.80 bits per heavy atom. The molecule has 1 atom stereocenters. The first-order valence-corrected chi connectivity index (χ1v) is 7.73. The monoisotopic (exact) mass is 284 g/mol. The van der Waals surface area contributed by atoms with Crippen LogP contribution < -0.4 is 10.6 Å². The van der Waals surface area contributed by atoms with Crippen LogP contribution >= 0.6 is 0 Å². The Hall–Kier alpha value is -1.10. The Labute approximate surface area is 121 Å². The second kappa shape index (κ2) is 8.95. The number of hydrogen-bond donors (Lipinski definition) is 3. The average Bonchev–Trinajstić information content (AvgIpc) is 2.45. The molecule has 0 aromatic rings. The summed E-state index contributed by atoms with van der Waals surface area (Å²) in [5.41, 5.74) is 0. The Kier molecular flexibility index (Phi) is 7.59. The van der Waals surface area contributed by atoms with Gasteiger partial charge < -0.3 is 15.7 Å². The van der Waals surface area contributed by atoms with E-state index in [9.17, 15) is 14.7 Å². The number of rotatable bonds is 7. The predicted molar refractivity (Wildman–Crippen MR) is 78.1 cm³/mol. The van der Waals surface area contributed by atoms with Gasteiger partial charge in [-0.15, -0.1) is 0 Å². The van der Waals surface area contributed by atoms with Crippen LogP contribution in [0.4, 0.5) is 0 Å². The highest BCUT2D eigenvalue weighted by molar-refractivity contribution is 5.80. The molecular weight excluding hydrogens is 256 g/mol. The van der Waals surface area contributed by atoms with E-state index in [0.717, 1.165) is 25.7 Å². The SMILES string of the molecule is CC(C)C(O)CNC(=O)CCNC(=O)C1CCCCC1. The van der Waals surface area contributed by atoms with Gasteiger partial charge in [-0.2, -0.15) is 0 Å². The molecule has 1 aliphatic rings. The molecule has 0 radical (unpaired) electrons. The van der Waals surface area contributed by atoms with E-state index >= 15 is 0 Å². The lowest BCUT2D eigenvalue weighted by atomic mass is 9.89. The van der Waals surface area contributed by atoms with Crippen molar-refractivity contribution >= 4 is 11.8 Å². The Morgan fingerprint density at radius 1 is 1.15 bits per heavy atom. The van der Waals surface area contributed by atoms with Gasteiger partial charge in [-0.1, -0.05) is 33.1 Å². The van der Waals surface area contributed by atoms with Gasteiger partial charge in [-0.25, -0.2) is 0 Å². The number of nitrogens with one attached hydrogen (secondary N) is 2. The molecule has 5 heteroatoms. The average molecular weight is 284 g/mol. The quantitative estimate of drug-likeness (QED) is 0.657. The zero-order valence-corrected chi connectivity index (χ0v) is 12.7. The molecule has 1 aliphatic carbocycles. The van der Waals surface area contributed by atoms with Crippen molar-refractivity contribution in [2.75, 3.05) is 13.1 Å². The summed E-state index contributed by atoms with van der Waals surface area (Å²) in [6.45, 7) is 4.45. The van der Waals surface area contributed by atoms with Crippen molar-refractivity contribution in [1.29, 1.82) is 0 Å². The molecule has 0 aliphatic heterocycles. The molecule has 3 N–H and O–H groups in total. The van der Waals surface area contributed by atoms with Gasteiger partial charge in [0.05, 0.1) is 6.10 Å². The van der Waals surface area contributed by atoms with Gasteiger partial charge in [0.15, 0.2) is 0 Å². The fourth-order valence-electron chi connectivity index (χ4n) is 2.35. The van der Waals surface area contributed by atoms with Crippen LogP contribution in [0, 0.1) is 11.8 Å². The van der Waals surface area contributed by atoms with Crippen molar-refractivity contribution in [3.05, 3.63) is 0 Å². The molecule has 0 aromatic carbocycles. The summed E-state index contributed by atoms with van der Waals surface area (Å²) in [5.74, 6) is 0.212. The second-order valence-electron chi connectivity index (χ2n) is 5.99. The fraction of sp³-hybridized carbons (Fsp3) is 0.867. The highest BCUT2D eigenvalue weighted by Crippen LogP contribution is 2.23. The highest BCUT2D eigenvalue weighted by Gasteiger charge is 2.20. The van der Waals surface area contributed by atoms with Gasteiger partial charge in [0.2, 0.25) is 11.8 Å². The molecule has 5 nitrogen and oxygen atoms in total. The molecule has 116 valence electrons. The van der Waals surface area contributed by atoms with E-state index in [1.54, 1.807) is 0 Å². The van der Waals surface area contributed by atoms with Crippen molar-refractivity contribution in [3.63, 3.8) is 0 Å². The molecule has 1 rings (SSSR count). The lowest BCUT2D eigenvalue weighted by Crippen LogP contribution is -2.38. The van der Waals surface area contributed by atoms with Crippen molar-refractivity contribution in [2.24, 2.45) is 11.8 Å². The summed E-state index contributed by atoms with van der Waals surface area (Å²) in [7, 11) is 0. The number of amides is 2. The van der Waals surface area contributed by atoms with E-state index in [4.69, 9.17) is 0 Å². The van der Waals surface area contributed by atoms with E-state index < -0.39 is 6.10 Å². The van der Waals surface area contributed by atoms with E-state index in [2.05, 4.69) is 10.6 Å². The van der Waals surface area contributed by atoms with Crippen LogP contribution in [-0.4, -0.2) is 36.1 Å². The largest absolute Gasteiger partial charge is 0.391 e. The lowest BCUT2D eigenvalue weighted by Gasteiger charge is -2.20. The summed E-state index contributed by atoms with van der Waals surface area (Å²) in [4.78, 5) is 23.4. The van der Waals surface area contributed by atoms with Crippen molar-refractivity contribution < 1.29 is 14.7 Å². The van der Waals surface area contributed by atoms with E-state index in [0.29, 0.717) is 6.54 Å². The van der Waals surface area contributed by atoms with E-state index in [1.807, 2.05) is 13.8 Å². The maximum Gasteiger partial charge on any atom is 0.223 e. The van der Waals surface area contributed by atoms with Crippen LogP contribution in [0.5, 0.6) is 0 Å². The summed E-state index contributed by atoms with van der Waals surface area (Å²) < 4.78 is 0. The smallest absolute Gasteiger partial charge is 0.223 e. The van der Waals surface area contributed by atoms with Crippen LogP contribution in [0.1, 0.15) is 52.4 Å². The third-order valence-electron chi connectivity index (χ3n) is 3.91. The summed E-state index contributed by atoms with van der Waals surface area (Å²) >= 11 is 0. The molecule has 1 saturated carbocycles. The summed E-state index contributed by atoms with van der Waals surface area (Å²) in [6, 6.07) is 0. The van der Waals surface area contributed by atoms with E-state index in [-0.39, 0.29) is 36.6 Å². The molecule has 2 amide bonds. The van der Waals surface area contributed by atoms with Crippen LogP contribution in [0.25, 0.3) is 0 Å². The van der Waals surface area contributed by atoms with Crippen molar-refractivity contribution in [3.8, 4) is 0 Å². The molecule has 0 heterocycles. The topological polar surface area (TPSA) is 78.4 Å². The predicted octanol–water partition coefficient (Wildman–Crippen LogP) is 1.21. The Balaban J connectivity index is 2.10. The maximum absolute atomic E-state index is 11.9. The van der Waals surface area contributed by atoms with Crippen LogP contribution in [0.3, 0.4) is 0 Å². The Bertz CT molecular complexity index is 312. The summed E-state index contributed by atoms with van der Waals surface area (Å²) in [6.07, 6.45) is 5.18. The lowest BCUT2D eigenvalue weighted by molar-refractivity contribution is -0.126. The van der Waals surface area contributed by atoms with Crippen molar-refractivity contribution in [1.82, 2.24) is 10.6 Å². The highest BCUT2D eigenvalue weighted by atomic mass is 16.3. The first-order valence-electron chi connectivity index (χ1n) is 7.73. The van der Waals surface area contributed by atoms with Gasteiger partial charge >= 0.3 is 0 Å². The van der Waals surface area contributed by atoms with E-state index in [1.165, 1.54) is 6.42 Å². The standard InChI is InChI=1S/C15H28N2O3/c1-11(2)13(18)10-17-14(19)8-9-16-15(20)12-6-4-3-5-7-12/h11-13,18H,3-10H2,1-2H3,(H,16,20)(H,17,19). The van der Waals surface area contributed by atoms with Gasteiger partial charge in [0.25, 0.3) is 0 Å². The van der Waals surface area contributed by atoms with Gasteiger partial charge in [-0.05, 0) is 18.8 Å². The first-order chi connectivity index (χ1) is 9.50. The minimum Gasteiger partial charge on any atom is -0.391 e. The number of aliphatic hydroxyl groups is 1. The molecule has 1 fully saturated rings. The van der Waals surface area contributed by atoms with Crippen LogP contribution in [-0.2, 0) is 9.59 Å². The molecule has 0 saturated heterocycles. The fourth-order valence-corrected chi connectivity index (χ4v) is 2.35. The zero-order chi connectivity index (χ0) is 15.0. The maximum atomic E-state index is 11.9. The number of carbonyl (C=O) groups excluding carboxylic acids is 2. The van der Waals surface area contributed by atoms with Crippen LogP contribution in [0.2, 0.25) is 0 Å². The number of aliphatic hydroxyl groups excluding tert-OH is 1. The number of carbonyl (C=O) groups is 2. The van der Waals surface area contributed by atoms with Gasteiger partial charge in [0, 0.05) is 25.4 Å². The first kappa shape index (κ1) is 17.0. The molecule has 1 unspecified atom stereocenters. The molecule has 20 heavy (non-hydrogen) atoms. The summed E-state index contributed by atoms with van der Waals surface area (Å²) in [5, 5.41) is 15.1. The molecule has 0 spiro atoms. The zero-order valence-electron chi connectivity index (χ0n) is 12.7. The molecule has 0 bridgehead atoms. The second-order valence-corrected chi connectivity index (χ2v) is 5.99. The van der Waals surface area contributed by atoms with Crippen LogP contribution in [0.15, 0.2) is 0 Å². The van der Waals surface area contributed by atoms with Crippen molar-refractivity contribution in [2.45, 2.75) is 58.5 Å². The third-order valence-corrected chi connectivity index (χ3v) is 3.91. The van der Waals surface area contributed by atoms with Gasteiger partial charge in [0.1, 0.15) is 0 Å².